The molecule has 0 aromatic heterocycles. The Morgan fingerprint density at radius 3 is 2.58 bits per heavy atom. The van der Waals surface area contributed by atoms with Gasteiger partial charge in [0.2, 0.25) is 5.91 Å². The van der Waals surface area contributed by atoms with Crippen molar-refractivity contribution in [2.75, 3.05) is 24.6 Å². The van der Waals surface area contributed by atoms with Crippen LogP contribution in [0.3, 0.4) is 0 Å². The second kappa shape index (κ2) is 6.70. The molecule has 0 aliphatic carbocycles. The second-order valence-corrected chi connectivity index (χ2v) is 8.07. The third kappa shape index (κ3) is 4.76. The standard InChI is InChI=1S/C13H26N2O3S/c1-10(2)8-19(17,18)9-13(16)15-6-4-5-11(3)12(15)7-14/h10-12H,4-9,14H2,1-3H3. The maximum atomic E-state index is 12.2. The number of amides is 1. The van der Waals surface area contributed by atoms with Crippen molar-refractivity contribution < 1.29 is 13.2 Å². The number of likely N-dealkylation sites (tertiary alicyclic amines) is 1. The summed E-state index contributed by atoms with van der Waals surface area (Å²) in [7, 11) is -3.31. The highest BCUT2D eigenvalue weighted by atomic mass is 32.2. The van der Waals surface area contributed by atoms with Crippen LogP contribution in [0.2, 0.25) is 0 Å². The molecular formula is C13H26N2O3S. The van der Waals surface area contributed by atoms with Crippen LogP contribution < -0.4 is 5.73 Å². The summed E-state index contributed by atoms with van der Waals surface area (Å²) in [5.74, 6) is -0.217. The molecule has 1 fully saturated rings. The summed E-state index contributed by atoms with van der Waals surface area (Å²) in [5, 5.41) is 0. The Labute approximate surface area is 116 Å². The van der Waals surface area contributed by atoms with E-state index in [9.17, 15) is 13.2 Å². The van der Waals surface area contributed by atoms with Crippen molar-refractivity contribution in [3.8, 4) is 0 Å². The topological polar surface area (TPSA) is 80.5 Å². The van der Waals surface area contributed by atoms with Crippen LogP contribution in [0.15, 0.2) is 0 Å². The van der Waals surface area contributed by atoms with E-state index in [0.29, 0.717) is 19.0 Å². The zero-order valence-corrected chi connectivity index (χ0v) is 12.9. The monoisotopic (exact) mass is 290 g/mol. The van der Waals surface area contributed by atoms with E-state index in [1.54, 1.807) is 4.90 Å². The van der Waals surface area contributed by atoms with Crippen LogP contribution in [0.4, 0.5) is 0 Å². The highest BCUT2D eigenvalue weighted by Gasteiger charge is 2.32. The molecule has 0 bridgehead atoms. The van der Waals surface area contributed by atoms with Crippen LogP contribution in [0.25, 0.3) is 0 Å². The summed E-state index contributed by atoms with van der Waals surface area (Å²) in [6, 6.07) is -0.0181. The van der Waals surface area contributed by atoms with Gasteiger partial charge < -0.3 is 10.6 Å². The van der Waals surface area contributed by atoms with Crippen LogP contribution in [0.5, 0.6) is 0 Å². The number of nitrogens with two attached hydrogens (primary N) is 1. The molecule has 0 spiro atoms. The largest absolute Gasteiger partial charge is 0.337 e. The van der Waals surface area contributed by atoms with Crippen molar-refractivity contribution >= 4 is 15.7 Å². The molecule has 5 nitrogen and oxygen atoms in total. The predicted molar refractivity (Wildman–Crippen MR) is 76.4 cm³/mol. The smallest absolute Gasteiger partial charge is 0.238 e. The van der Waals surface area contributed by atoms with Gasteiger partial charge in [0.15, 0.2) is 9.84 Å². The Balaban J connectivity index is 2.71. The zero-order chi connectivity index (χ0) is 14.6. The average Bonchev–Trinajstić information content (AvgIpc) is 2.25. The van der Waals surface area contributed by atoms with Crippen molar-refractivity contribution in [1.29, 1.82) is 0 Å². The molecule has 1 saturated heterocycles. The first-order valence-electron chi connectivity index (χ1n) is 6.96. The number of piperidine rings is 1. The predicted octanol–water partition coefficient (Wildman–Crippen LogP) is 0.643. The van der Waals surface area contributed by atoms with Crippen molar-refractivity contribution in [3.63, 3.8) is 0 Å². The highest BCUT2D eigenvalue weighted by Crippen LogP contribution is 2.23. The SMILES string of the molecule is CC(C)CS(=O)(=O)CC(=O)N1CCCC(C)C1CN. The van der Waals surface area contributed by atoms with Gasteiger partial charge in [-0.1, -0.05) is 20.8 Å². The second-order valence-electron chi connectivity index (χ2n) is 5.96. The Kier molecular flexibility index (Phi) is 5.80. The fraction of sp³-hybridized carbons (Fsp3) is 0.923. The van der Waals surface area contributed by atoms with Gasteiger partial charge in [-0.2, -0.15) is 0 Å². The summed E-state index contributed by atoms with van der Waals surface area (Å²) in [6.07, 6.45) is 1.97. The molecule has 1 aliphatic rings. The van der Waals surface area contributed by atoms with Gasteiger partial charge in [0, 0.05) is 19.1 Å². The molecule has 0 aromatic carbocycles. The molecule has 0 radical (unpaired) electrons. The molecule has 2 unspecified atom stereocenters. The number of hydrogen-bond acceptors (Lipinski definition) is 4. The third-order valence-corrected chi connectivity index (χ3v) is 5.47. The third-order valence-electron chi connectivity index (χ3n) is 3.61. The Bertz CT molecular complexity index is 406. The molecular weight excluding hydrogens is 264 g/mol. The highest BCUT2D eigenvalue weighted by molar-refractivity contribution is 7.92. The van der Waals surface area contributed by atoms with E-state index >= 15 is 0 Å². The van der Waals surface area contributed by atoms with Crippen LogP contribution in [0, 0.1) is 11.8 Å². The average molecular weight is 290 g/mol. The molecule has 0 aromatic rings. The number of sulfone groups is 1. The molecule has 6 heteroatoms. The van der Waals surface area contributed by atoms with E-state index in [2.05, 4.69) is 6.92 Å². The quantitative estimate of drug-likeness (QED) is 0.806. The normalized spacial score (nSPS) is 24.8. The van der Waals surface area contributed by atoms with Crippen molar-refractivity contribution in [2.45, 2.75) is 39.7 Å². The van der Waals surface area contributed by atoms with Crippen molar-refractivity contribution in [1.82, 2.24) is 4.90 Å². The van der Waals surface area contributed by atoms with Crippen LogP contribution in [-0.2, 0) is 14.6 Å². The number of hydrogen-bond donors (Lipinski definition) is 1. The van der Waals surface area contributed by atoms with Gasteiger partial charge in [-0.25, -0.2) is 8.42 Å². The summed E-state index contributed by atoms with van der Waals surface area (Å²) in [6.45, 7) is 6.78. The van der Waals surface area contributed by atoms with Crippen LogP contribution in [0.1, 0.15) is 33.6 Å². The van der Waals surface area contributed by atoms with Gasteiger partial charge in [0.25, 0.3) is 0 Å². The summed E-state index contributed by atoms with van der Waals surface area (Å²) in [4.78, 5) is 13.9. The van der Waals surface area contributed by atoms with Crippen LogP contribution in [-0.4, -0.2) is 49.9 Å². The van der Waals surface area contributed by atoms with Crippen LogP contribution >= 0.6 is 0 Å². The van der Waals surface area contributed by atoms with Crippen molar-refractivity contribution in [3.05, 3.63) is 0 Å². The first-order valence-corrected chi connectivity index (χ1v) is 8.79. The Hall–Kier alpha value is -0.620. The number of nitrogens with zero attached hydrogens (tertiary/aromatic N) is 1. The van der Waals surface area contributed by atoms with E-state index in [-0.39, 0.29) is 29.4 Å². The maximum absolute atomic E-state index is 12.2. The molecule has 1 rings (SSSR count). The lowest BCUT2D eigenvalue weighted by molar-refractivity contribution is -0.133. The van der Waals surface area contributed by atoms with Gasteiger partial charge in [-0.05, 0) is 24.7 Å². The Morgan fingerprint density at radius 2 is 2.05 bits per heavy atom. The molecule has 1 heterocycles. The van der Waals surface area contributed by atoms with E-state index in [0.717, 1.165) is 12.8 Å². The minimum atomic E-state index is -3.31. The number of rotatable bonds is 5. The fourth-order valence-corrected chi connectivity index (χ4v) is 4.43. The zero-order valence-electron chi connectivity index (χ0n) is 12.1. The van der Waals surface area contributed by atoms with Gasteiger partial charge in [-0.15, -0.1) is 0 Å². The molecule has 0 saturated carbocycles. The summed E-state index contributed by atoms with van der Waals surface area (Å²) in [5.41, 5.74) is 5.72. The lowest BCUT2D eigenvalue weighted by atomic mass is 9.91. The van der Waals surface area contributed by atoms with Gasteiger partial charge >= 0.3 is 0 Å². The molecule has 1 aliphatic heterocycles. The van der Waals surface area contributed by atoms with E-state index in [1.165, 1.54) is 0 Å². The lowest BCUT2D eigenvalue weighted by Crippen LogP contribution is -2.53. The Morgan fingerprint density at radius 1 is 1.42 bits per heavy atom. The lowest BCUT2D eigenvalue weighted by Gasteiger charge is -2.39. The van der Waals surface area contributed by atoms with Gasteiger partial charge in [0.1, 0.15) is 5.75 Å². The summed E-state index contributed by atoms with van der Waals surface area (Å²) < 4.78 is 23.8. The first-order chi connectivity index (χ1) is 8.76. The first kappa shape index (κ1) is 16.4. The minimum absolute atomic E-state index is 0.0181. The molecule has 19 heavy (non-hydrogen) atoms. The van der Waals surface area contributed by atoms with Gasteiger partial charge in [-0.3, -0.25) is 4.79 Å². The molecule has 2 N–H and O–H groups in total. The van der Waals surface area contributed by atoms with Crippen molar-refractivity contribution in [2.24, 2.45) is 17.6 Å². The van der Waals surface area contributed by atoms with E-state index in [1.807, 2.05) is 13.8 Å². The number of carbonyl (C=O) groups excluding carboxylic acids is 1. The van der Waals surface area contributed by atoms with E-state index < -0.39 is 9.84 Å². The summed E-state index contributed by atoms with van der Waals surface area (Å²) >= 11 is 0. The molecule has 2 atom stereocenters. The fourth-order valence-electron chi connectivity index (χ4n) is 2.76. The maximum Gasteiger partial charge on any atom is 0.238 e. The van der Waals surface area contributed by atoms with E-state index in [4.69, 9.17) is 5.73 Å². The molecule has 112 valence electrons. The minimum Gasteiger partial charge on any atom is -0.337 e. The molecule has 1 amide bonds. The number of carbonyl (C=O) groups is 1. The van der Waals surface area contributed by atoms with Gasteiger partial charge in [0.05, 0.1) is 5.75 Å².